The van der Waals surface area contributed by atoms with Gasteiger partial charge in [0.1, 0.15) is 6.61 Å². The molecule has 2 aromatic rings. The average Bonchev–Trinajstić information content (AvgIpc) is 3.19. The molecule has 0 fully saturated rings. The summed E-state index contributed by atoms with van der Waals surface area (Å²) in [7, 11) is 1.39. The number of fused-ring (bicyclic) bond motifs is 3. The Bertz CT molecular complexity index is 1080. The molecule has 0 radical (unpaired) electrons. The maximum atomic E-state index is 12.7. The summed E-state index contributed by atoms with van der Waals surface area (Å²) in [5, 5.41) is 14.7. The Balaban J connectivity index is 1.33. The molecule has 0 saturated carbocycles. The van der Waals surface area contributed by atoms with Crippen molar-refractivity contribution in [3.63, 3.8) is 0 Å². The van der Waals surface area contributed by atoms with E-state index in [1.165, 1.54) is 7.11 Å². The van der Waals surface area contributed by atoms with E-state index < -0.39 is 36.2 Å². The molecule has 0 saturated heterocycles. The summed E-state index contributed by atoms with van der Waals surface area (Å²) in [5.41, 5.74) is 4.58. The second kappa shape index (κ2) is 10.7. The molecule has 3 N–H and O–H groups in total. The normalized spacial score (nSPS) is 20.3. The molecular formula is C27H30N2O6. The SMILES string of the molecule is CO[C@H](C)[C@H](NC(=O)C1CC=CC(NC(=O)OCC2c3ccccc3-c3ccccc32)C1)C(=O)O. The number of carboxylic acid groups (broad SMARTS) is 1. The Morgan fingerprint density at radius 2 is 1.69 bits per heavy atom. The van der Waals surface area contributed by atoms with E-state index in [1.54, 1.807) is 6.92 Å². The van der Waals surface area contributed by atoms with E-state index in [1.807, 2.05) is 36.4 Å². The molecule has 4 atom stereocenters. The first-order chi connectivity index (χ1) is 16.9. The minimum Gasteiger partial charge on any atom is -0.480 e. The van der Waals surface area contributed by atoms with Gasteiger partial charge in [-0.2, -0.15) is 0 Å². The van der Waals surface area contributed by atoms with Crippen molar-refractivity contribution in [1.82, 2.24) is 10.6 Å². The van der Waals surface area contributed by atoms with Crippen LogP contribution in [0.2, 0.25) is 0 Å². The number of methoxy groups -OCH3 is 1. The summed E-state index contributed by atoms with van der Waals surface area (Å²) in [6.07, 6.45) is 3.22. The molecule has 184 valence electrons. The fourth-order valence-corrected chi connectivity index (χ4v) is 4.79. The van der Waals surface area contributed by atoms with Gasteiger partial charge < -0.3 is 25.2 Å². The van der Waals surface area contributed by atoms with Gasteiger partial charge in [-0.1, -0.05) is 60.7 Å². The highest BCUT2D eigenvalue weighted by atomic mass is 16.5. The number of amides is 2. The van der Waals surface area contributed by atoms with Gasteiger partial charge in [0.2, 0.25) is 5.91 Å². The number of hydrogen-bond acceptors (Lipinski definition) is 5. The number of aliphatic carboxylic acids is 1. The highest BCUT2D eigenvalue weighted by Gasteiger charge is 2.32. The number of allylic oxidation sites excluding steroid dienone is 1. The molecule has 2 aliphatic rings. The number of benzene rings is 2. The fraction of sp³-hybridized carbons (Fsp3) is 0.370. The van der Waals surface area contributed by atoms with Crippen LogP contribution in [0.15, 0.2) is 60.7 Å². The molecule has 35 heavy (non-hydrogen) atoms. The second-order valence-corrected chi connectivity index (χ2v) is 8.94. The molecule has 8 heteroatoms. The molecule has 0 heterocycles. The highest BCUT2D eigenvalue weighted by Crippen LogP contribution is 2.44. The molecule has 8 nitrogen and oxygen atoms in total. The lowest BCUT2D eigenvalue weighted by Crippen LogP contribution is -2.51. The maximum absolute atomic E-state index is 12.7. The summed E-state index contributed by atoms with van der Waals surface area (Å²) in [5.74, 6) is -2.05. The quantitative estimate of drug-likeness (QED) is 0.501. The smallest absolute Gasteiger partial charge is 0.407 e. The van der Waals surface area contributed by atoms with Gasteiger partial charge >= 0.3 is 12.1 Å². The van der Waals surface area contributed by atoms with E-state index >= 15 is 0 Å². The second-order valence-electron chi connectivity index (χ2n) is 8.94. The molecule has 2 aliphatic carbocycles. The molecule has 2 unspecified atom stereocenters. The number of hydrogen-bond donors (Lipinski definition) is 3. The first-order valence-corrected chi connectivity index (χ1v) is 11.7. The van der Waals surface area contributed by atoms with Crippen molar-refractivity contribution in [2.75, 3.05) is 13.7 Å². The number of alkyl carbamates (subject to hydrolysis) is 1. The molecule has 0 spiro atoms. The van der Waals surface area contributed by atoms with Crippen LogP contribution >= 0.6 is 0 Å². The molecule has 0 aliphatic heterocycles. The highest BCUT2D eigenvalue weighted by molar-refractivity contribution is 5.85. The van der Waals surface area contributed by atoms with Gasteiger partial charge in [0, 0.05) is 18.9 Å². The van der Waals surface area contributed by atoms with Crippen molar-refractivity contribution in [2.24, 2.45) is 5.92 Å². The third-order valence-electron chi connectivity index (χ3n) is 6.75. The van der Waals surface area contributed by atoms with Gasteiger partial charge in [0.25, 0.3) is 0 Å². The Kier molecular flexibility index (Phi) is 7.51. The Labute approximate surface area is 204 Å². The van der Waals surface area contributed by atoms with Crippen LogP contribution in [0.25, 0.3) is 11.1 Å². The molecule has 4 rings (SSSR count). The number of rotatable bonds is 8. The van der Waals surface area contributed by atoms with Crippen LogP contribution in [-0.2, 0) is 19.1 Å². The van der Waals surface area contributed by atoms with Crippen LogP contribution in [0.3, 0.4) is 0 Å². The zero-order valence-electron chi connectivity index (χ0n) is 19.8. The molecule has 2 aromatic carbocycles. The van der Waals surface area contributed by atoms with Crippen LogP contribution in [-0.4, -0.2) is 55.0 Å². The maximum Gasteiger partial charge on any atom is 0.407 e. The monoisotopic (exact) mass is 478 g/mol. The average molecular weight is 479 g/mol. The lowest BCUT2D eigenvalue weighted by Gasteiger charge is -2.27. The van der Waals surface area contributed by atoms with Gasteiger partial charge in [0.15, 0.2) is 6.04 Å². The van der Waals surface area contributed by atoms with Crippen LogP contribution in [0.4, 0.5) is 4.79 Å². The van der Waals surface area contributed by atoms with E-state index in [-0.39, 0.29) is 18.4 Å². The van der Waals surface area contributed by atoms with Gasteiger partial charge in [-0.25, -0.2) is 9.59 Å². The number of carbonyl (C=O) groups is 3. The predicted octanol–water partition coefficient (Wildman–Crippen LogP) is 3.46. The molecular weight excluding hydrogens is 448 g/mol. The van der Waals surface area contributed by atoms with Crippen LogP contribution < -0.4 is 10.6 Å². The Morgan fingerprint density at radius 1 is 1.06 bits per heavy atom. The van der Waals surface area contributed by atoms with Crippen molar-refractivity contribution in [1.29, 1.82) is 0 Å². The fourth-order valence-electron chi connectivity index (χ4n) is 4.79. The lowest BCUT2D eigenvalue weighted by molar-refractivity contribution is -0.146. The number of carbonyl (C=O) groups excluding carboxylic acids is 2. The first kappa shape index (κ1) is 24.5. The van der Waals surface area contributed by atoms with E-state index in [0.717, 1.165) is 22.3 Å². The summed E-state index contributed by atoms with van der Waals surface area (Å²) in [6.45, 7) is 1.79. The summed E-state index contributed by atoms with van der Waals surface area (Å²) < 4.78 is 10.7. The Morgan fingerprint density at radius 3 is 2.29 bits per heavy atom. The first-order valence-electron chi connectivity index (χ1n) is 11.7. The number of ether oxygens (including phenoxy) is 2. The minimum atomic E-state index is -1.16. The lowest BCUT2D eigenvalue weighted by atomic mass is 9.90. The third-order valence-corrected chi connectivity index (χ3v) is 6.75. The largest absolute Gasteiger partial charge is 0.480 e. The third kappa shape index (κ3) is 5.38. The zero-order chi connectivity index (χ0) is 24.9. The Hall–Kier alpha value is -3.65. The minimum absolute atomic E-state index is 0.0377. The van der Waals surface area contributed by atoms with Gasteiger partial charge in [-0.15, -0.1) is 0 Å². The topological polar surface area (TPSA) is 114 Å². The number of carboxylic acids is 1. The van der Waals surface area contributed by atoms with Crippen molar-refractivity contribution in [2.45, 2.75) is 43.9 Å². The van der Waals surface area contributed by atoms with Crippen molar-refractivity contribution in [3.05, 3.63) is 71.8 Å². The van der Waals surface area contributed by atoms with E-state index in [0.29, 0.717) is 12.8 Å². The van der Waals surface area contributed by atoms with Crippen molar-refractivity contribution < 1.29 is 29.0 Å². The zero-order valence-corrected chi connectivity index (χ0v) is 19.8. The van der Waals surface area contributed by atoms with Crippen molar-refractivity contribution in [3.8, 4) is 11.1 Å². The molecule has 0 bridgehead atoms. The van der Waals surface area contributed by atoms with Crippen LogP contribution in [0.1, 0.15) is 36.8 Å². The van der Waals surface area contributed by atoms with Gasteiger partial charge in [-0.3, -0.25) is 4.79 Å². The van der Waals surface area contributed by atoms with E-state index in [2.05, 4.69) is 34.9 Å². The molecule has 0 aromatic heterocycles. The van der Waals surface area contributed by atoms with Crippen molar-refractivity contribution >= 4 is 18.0 Å². The van der Waals surface area contributed by atoms with Crippen LogP contribution in [0.5, 0.6) is 0 Å². The molecule has 2 amide bonds. The van der Waals surface area contributed by atoms with Gasteiger partial charge in [0.05, 0.1) is 12.1 Å². The van der Waals surface area contributed by atoms with E-state index in [9.17, 15) is 19.5 Å². The standard InChI is InChI=1S/C27H30N2O6/c1-16(34-2)24(26(31)32)29-25(30)17-8-7-9-18(14-17)28-27(33)35-15-23-21-12-5-3-10-19(21)20-11-4-6-13-22(20)23/h3-7,9-13,16-18,23-24H,8,14-15H2,1-2H3,(H,28,33)(H,29,30)(H,31,32)/t16-,17?,18?,24+/m1/s1. The summed E-state index contributed by atoms with van der Waals surface area (Å²) in [6, 6.07) is 14.7. The van der Waals surface area contributed by atoms with Gasteiger partial charge in [-0.05, 0) is 42.0 Å². The predicted molar refractivity (Wildman–Crippen MR) is 130 cm³/mol. The summed E-state index contributed by atoms with van der Waals surface area (Å²) in [4.78, 5) is 36.8. The van der Waals surface area contributed by atoms with E-state index in [4.69, 9.17) is 9.47 Å². The van der Waals surface area contributed by atoms with Crippen LogP contribution in [0, 0.1) is 5.92 Å². The number of nitrogens with one attached hydrogen (secondary N) is 2. The summed E-state index contributed by atoms with van der Waals surface area (Å²) >= 11 is 0.